The van der Waals surface area contributed by atoms with E-state index in [0.717, 1.165) is 4.90 Å². The van der Waals surface area contributed by atoms with E-state index < -0.39 is 92.3 Å². The van der Waals surface area contributed by atoms with Crippen molar-refractivity contribution in [2.45, 2.75) is 87.0 Å². The summed E-state index contributed by atoms with van der Waals surface area (Å²) in [6.45, 7) is 10.4. The van der Waals surface area contributed by atoms with Gasteiger partial charge in [-0.05, 0) is 62.7 Å². The lowest BCUT2D eigenvalue weighted by Crippen LogP contribution is -2.54. The first-order valence-corrected chi connectivity index (χ1v) is 33.4. The highest BCUT2D eigenvalue weighted by Gasteiger charge is 2.45. The van der Waals surface area contributed by atoms with E-state index >= 15 is 0 Å². The van der Waals surface area contributed by atoms with Gasteiger partial charge in [0.05, 0.1) is 34.9 Å². The molecule has 0 saturated carbocycles. The zero-order valence-corrected chi connectivity index (χ0v) is 49.2. The average Bonchev–Trinajstić information content (AvgIpc) is 3.85. The van der Waals surface area contributed by atoms with Crippen LogP contribution in [0.4, 0.5) is 10.5 Å². The van der Waals surface area contributed by atoms with Gasteiger partial charge >= 0.3 is 35.5 Å². The smallest absolute Gasteiger partial charge is 0.478 e. The van der Waals surface area contributed by atoms with Gasteiger partial charge in [-0.15, -0.1) is 0 Å². The maximum absolute atomic E-state index is 13.5. The van der Waals surface area contributed by atoms with Crippen molar-refractivity contribution in [1.29, 1.82) is 5.41 Å². The Morgan fingerprint density at radius 1 is 0.987 bits per heavy atom. The monoisotopic (exact) mass is 1260 g/mol. The van der Waals surface area contributed by atoms with Crippen LogP contribution in [-0.4, -0.2) is 126 Å². The fourth-order valence-electron chi connectivity index (χ4n) is 7.53. The van der Waals surface area contributed by atoms with Gasteiger partial charge in [0, 0.05) is 56.3 Å². The summed E-state index contributed by atoms with van der Waals surface area (Å²) in [5, 5.41) is 24.3. The summed E-state index contributed by atoms with van der Waals surface area (Å²) in [4.78, 5) is 77.3. The molecule has 13 N–H and O–H groups in total. The molecule has 0 radical (unpaired) electrons. The van der Waals surface area contributed by atoms with E-state index in [1.165, 1.54) is 91.8 Å². The molecular weight excluding hydrogens is 1200 g/mol. The van der Waals surface area contributed by atoms with Crippen LogP contribution in [0.1, 0.15) is 67.3 Å². The number of aromatic carboxylic acids is 1. The van der Waals surface area contributed by atoms with E-state index in [-0.39, 0.29) is 91.8 Å². The van der Waals surface area contributed by atoms with Crippen molar-refractivity contribution in [2.24, 2.45) is 5.73 Å². The molecule has 1 aliphatic carbocycles. The fraction of sp³-hybridized carbons (Fsp3) is 0.409. The molecule has 3 amide bonds. The highest BCUT2D eigenvalue weighted by molar-refractivity contribution is 8.77. The van der Waals surface area contributed by atoms with E-state index in [2.05, 4.69) is 31.1 Å². The van der Waals surface area contributed by atoms with Crippen LogP contribution >= 0.6 is 66.6 Å². The summed E-state index contributed by atoms with van der Waals surface area (Å²) in [6.07, 6.45) is -2.94. The third kappa shape index (κ3) is 17.5. The predicted molar refractivity (Wildman–Crippen MR) is 294 cm³/mol. The molecule has 27 nitrogen and oxygen atoms in total. The molecule has 0 bridgehead atoms. The van der Waals surface area contributed by atoms with Gasteiger partial charge in [0.1, 0.15) is 42.7 Å². The van der Waals surface area contributed by atoms with Crippen molar-refractivity contribution in [2.75, 3.05) is 37.4 Å². The number of rotatable bonds is 23. The summed E-state index contributed by atoms with van der Waals surface area (Å²) in [5.41, 5.74) is 12.3. The second-order valence-corrected chi connectivity index (χ2v) is 30.5. The number of carbonyl (C=O) groups is 3. The molecular formula is C44H55N6O21P3S5. The Labute approximate surface area is 467 Å². The van der Waals surface area contributed by atoms with E-state index in [0.29, 0.717) is 11.1 Å². The first kappa shape index (κ1) is 64.2. The second kappa shape index (κ2) is 25.6. The third-order valence-corrected chi connectivity index (χ3v) is 21.6. The minimum Gasteiger partial charge on any atom is -0.478 e. The second-order valence-electron chi connectivity index (χ2n) is 18.7. The van der Waals surface area contributed by atoms with Gasteiger partial charge in [0.15, 0.2) is 10.5 Å². The molecule has 4 aliphatic rings. The quantitative estimate of drug-likeness (QED) is 0.00547. The Hall–Kier alpha value is -4.00. The lowest BCUT2D eigenvalue weighted by atomic mass is 9.88. The van der Waals surface area contributed by atoms with Gasteiger partial charge in [-0.1, -0.05) is 81.9 Å². The van der Waals surface area contributed by atoms with E-state index in [9.17, 15) is 55.9 Å². The molecule has 3 unspecified atom stereocenters. The molecule has 2 aromatic rings. The van der Waals surface area contributed by atoms with Gasteiger partial charge < -0.3 is 70.8 Å². The minimum atomic E-state index is -5.80. The summed E-state index contributed by atoms with van der Waals surface area (Å²) >= 11 is 0. The lowest BCUT2D eigenvalue weighted by molar-refractivity contribution is -0.0609. The number of nitrogens with zero attached hydrogens (tertiary/aromatic N) is 1. The molecule has 0 spiro atoms. The number of hydrogen-bond acceptors (Lipinski definition) is 22. The number of phosphoric acid groups is 3. The highest BCUT2D eigenvalue weighted by atomic mass is 33.1. The predicted octanol–water partition coefficient (Wildman–Crippen LogP) is 6.56. The number of nitrogens with one attached hydrogen (secondary N) is 3. The van der Waals surface area contributed by atoms with Crippen LogP contribution in [0.2, 0.25) is 0 Å². The average molecular weight is 1260 g/mol. The van der Waals surface area contributed by atoms with Crippen molar-refractivity contribution in [3.05, 3.63) is 76.3 Å². The maximum atomic E-state index is 13.5. The highest BCUT2D eigenvalue weighted by Crippen LogP contribution is 2.66. The molecule has 3 aliphatic heterocycles. The van der Waals surface area contributed by atoms with Crippen molar-refractivity contribution >= 4 is 111 Å². The van der Waals surface area contributed by atoms with Gasteiger partial charge in [-0.25, -0.2) is 23.3 Å². The van der Waals surface area contributed by atoms with Crippen molar-refractivity contribution in [3.8, 4) is 34.3 Å². The molecule has 35 heteroatoms. The standard InChI is InChI=1S/C44H55N6O21P3S5/c1-23-30(45)13-11-27-35(28-12-14-31(46)38(79(62,63)64)37(28)69-36(23)27)26-10-9-24(16-29(26)41(52)53)40(51)48-20-44(5,6)78-75-21-65-15-7-8-25-18-50(42(54)49-39(25)47)34-17-32(66-22-76-77-43(2,3)4)33(68-34)19-67-73(58,59)71-74(60,61)70-72(55,56)57/h9-14,16,18,32-34,39,45H,15,17,19-22,46-47H2,1-6H3,(H,48,51)(H,49,54)(H,52,53)(H,58,59)(H,60,61)(H2,55,56,57)(H,62,63,64)/t32-,33-,34-,39?/m1/s1. The van der Waals surface area contributed by atoms with Crippen molar-refractivity contribution in [3.63, 3.8) is 0 Å². The summed E-state index contributed by atoms with van der Waals surface area (Å²) < 4.78 is 106. The number of anilines is 1. The summed E-state index contributed by atoms with van der Waals surface area (Å²) in [7, 11) is -16.4. The molecule has 6 rings (SSSR count). The van der Waals surface area contributed by atoms with Crippen LogP contribution in [-0.2, 0) is 51.2 Å². The Morgan fingerprint density at radius 3 is 2.33 bits per heavy atom. The molecule has 2 aromatic carbocycles. The number of benzene rings is 3. The molecule has 3 heterocycles. The van der Waals surface area contributed by atoms with Crippen LogP contribution in [0.3, 0.4) is 0 Å². The molecule has 0 aromatic heterocycles. The maximum Gasteiger partial charge on any atom is 0.490 e. The number of urea groups is 1. The number of carboxylic acid groups (broad SMARTS) is 1. The molecule has 432 valence electrons. The third-order valence-electron chi connectivity index (χ3n) is 10.9. The number of hydrogen-bond donors (Lipinski definition) is 11. The Balaban J connectivity index is 1.06. The van der Waals surface area contributed by atoms with Gasteiger partial charge in [-0.2, -0.15) is 17.0 Å². The number of nitrogens with two attached hydrogens (primary N) is 2. The Morgan fingerprint density at radius 2 is 1.67 bits per heavy atom. The summed E-state index contributed by atoms with van der Waals surface area (Å²) in [5.74, 6) is 3.94. The van der Waals surface area contributed by atoms with Gasteiger partial charge in [0.25, 0.3) is 16.0 Å². The SMILES string of the molecule is Cc1c2oc3c(S(=O)(=O)O)c(N)ccc3c(-c3ccc(C(=O)NCC(C)(C)SSCOCC#CC4=CN([C@H]5C[C@@H](OCSSC(C)(C)C)[C@@H](COP(=O)(O)OP(=O)(O)OP(=O)(O)O)O5)C(=O)NC4N)cc3C(=O)O)c-2ccc1=N. The molecule has 79 heavy (non-hydrogen) atoms. The number of phosphoric ester groups is 1. The molecule has 1 saturated heterocycles. The van der Waals surface area contributed by atoms with E-state index in [4.69, 9.17) is 49.8 Å². The summed E-state index contributed by atoms with van der Waals surface area (Å²) in [6, 6.07) is 8.93. The van der Waals surface area contributed by atoms with E-state index in [1.807, 2.05) is 34.6 Å². The number of fused-ring (bicyclic) bond motifs is 2. The lowest BCUT2D eigenvalue weighted by Gasteiger charge is -2.32. The normalized spacial score (nSPS) is 19.8. The number of carbonyl (C=O) groups excluding carboxylic acids is 2. The molecule has 6 atom stereocenters. The largest absolute Gasteiger partial charge is 0.490 e. The van der Waals surface area contributed by atoms with Crippen LogP contribution in [0.5, 0.6) is 0 Å². The van der Waals surface area contributed by atoms with E-state index in [1.54, 1.807) is 6.92 Å². The first-order valence-electron chi connectivity index (χ1n) is 22.8. The zero-order chi connectivity index (χ0) is 58.6. The van der Waals surface area contributed by atoms with Crippen LogP contribution in [0.15, 0.2) is 63.6 Å². The first-order chi connectivity index (χ1) is 36.6. The number of nitrogen functional groups attached to an aromatic ring is 1. The number of amides is 3. The minimum absolute atomic E-state index is 0.0000684. The van der Waals surface area contributed by atoms with Crippen LogP contribution in [0.25, 0.3) is 33.4 Å². The zero-order valence-electron chi connectivity index (χ0n) is 42.5. The Bertz CT molecular complexity index is 3400. The van der Waals surface area contributed by atoms with Crippen molar-refractivity contribution < 1.29 is 97.5 Å². The van der Waals surface area contributed by atoms with Crippen LogP contribution in [0, 0.1) is 24.2 Å². The Kier molecular flexibility index (Phi) is 20.8. The van der Waals surface area contributed by atoms with Crippen LogP contribution < -0.4 is 27.5 Å². The van der Waals surface area contributed by atoms with Gasteiger partial charge in [-0.3, -0.25) is 18.8 Å². The topological polar surface area (TPSA) is 430 Å². The fourth-order valence-corrected chi connectivity index (χ4v) is 15.5. The number of carboxylic acids is 1. The van der Waals surface area contributed by atoms with Crippen molar-refractivity contribution in [1.82, 2.24) is 15.5 Å². The molecule has 1 fully saturated rings. The number of ether oxygens (including phenoxy) is 3. The van der Waals surface area contributed by atoms with Gasteiger partial charge in [0.2, 0.25) is 0 Å².